The van der Waals surface area contributed by atoms with Gasteiger partial charge in [-0.1, -0.05) is 0 Å². The molecule has 1 aromatic carbocycles. The number of anilines is 1. The number of rotatable bonds is 4. The molecular formula is C17H22N2O2. The monoisotopic (exact) mass is 286 g/mol. The lowest BCUT2D eigenvalue weighted by atomic mass is 10.0. The van der Waals surface area contributed by atoms with Crippen molar-refractivity contribution in [2.24, 2.45) is 0 Å². The van der Waals surface area contributed by atoms with Crippen LogP contribution in [0.15, 0.2) is 18.2 Å². The van der Waals surface area contributed by atoms with Gasteiger partial charge in [0.1, 0.15) is 5.82 Å². The SMILES string of the molecule is Cc1cc(N(C)CC(O)CO)nc2cc3c(cc12)CCC3. The van der Waals surface area contributed by atoms with Gasteiger partial charge in [0.15, 0.2) is 0 Å². The molecule has 0 spiro atoms. The first-order valence-electron chi connectivity index (χ1n) is 7.51. The summed E-state index contributed by atoms with van der Waals surface area (Å²) in [5, 5.41) is 19.8. The van der Waals surface area contributed by atoms with Crippen LogP contribution in [0.25, 0.3) is 10.9 Å². The minimum atomic E-state index is -0.743. The fourth-order valence-electron chi connectivity index (χ4n) is 3.11. The maximum atomic E-state index is 9.58. The third kappa shape index (κ3) is 2.74. The molecule has 21 heavy (non-hydrogen) atoms. The standard InChI is InChI=1S/C17H22N2O2/c1-11-6-17(19(2)9-14(21)10-20)18-16-8-13-5-3-4-12(13)7-15(11)16/h6-8,14,20-21H,3-5,9-10H2,1-2H3. The third-order valence-electron chi connectivity index (χ3n) is 4.30. The largest absolute Gasteiger partial charge is 0.394 e. The van der Waals surface area contributed by atoms with E-state index in [0.29, 0.717) is 6.54 Å². The van der Waals surface area contributed by atoms with E-state index in [-0.39, 0.29) is 6.61 Å². The maximum Gasteiger partial charge on any atom is 0.129 e. The molecule has 2 aromatic rings. The summed E-state index contributed by atoms with van der Waals surface area (Å²) in [6, 6.07) is 6.55. The highest BCUT2D eigenvalue weighted by molar-refractivity contribution is 5.85. The Morgan fingerprint density at radius 3 is 2.67 bits per heavy atom. The molecule has 0 amide bonds. The molecule has 112 valence electrons. The zero-order valence-electron chi connectivity index (χ0n) is 12.6. The number of nitrogens with zero attached hydrogens (tertiary/aromatic N) is 2. The van der Waals surface area contributed by atoms with Gasteiger partial charge in [-0.25, -0.2) is 4.98 Å². The zero-order chi connectivity index (χ0) is 15.0. The Bertz CT molecular complexity index is 669. The van der Waals surface area contributed by atoms with Crippen LogP contribution in [0.4, 0.5) is 5.82 Å². The lowest BCUT2D eigenvalue weighted by Crippen LogP contribution is -2.31. The molecule has 0 fully saturated rings. The number of aromatic nitrogens is 1. The summed E-state index contributed by atoms with van der Waals surface area (Å²) >= 11 is 0. The van der Waals surface area contributed by atoms with Gasteiger partial charge in [0, 0.05) is 19.0 Å². The molecule has 0 bridgehead atoms. The molecule has 2 N–H and O–H groups in total. The smallest absolute Gasteiger partial charge is 0.129 e. The van der Waals surface area contributed by atoms with Crippen molar-refractivity contribution >= 4 is 16.7 Å². The van der Waals surface area contributed by atoms with E-state index in [4.69, 9.17) is 10.1 Å². The topological polar surface area (TPSA) is 56.6 Å². The minimum Gasteiger partial charge on any atom is -0.394 e. The highest BCUT2D eigenvalue weighted by Crippen LogP contribution is 2.29. The number of benzene rings is 1. The number of aliphatic hydroxyl groups excluding tert-OH is 2. The van der Waals surface area contributed by atoms with Gasteiger partial charge in [-0.2, -0.15) is 0 Å². The van der Waals surface area contributed by atoms with Crippen LogP contribution in [0, 0.1) is 6.92 Å². The second-order valence-electron chi connectivity index (χ2n) is 6.01. The third-order valence-corrected chi connectivity index (χ3v) is 4.30. The van der Waals surface area contributed by atoms with Crippen molar-refractivity contribution in [2.45, 2.75) is 32.3 Å². The molecule has 1 aliphatic rings. The van der Waals surface area contributed by atoms with E-state index in [1.165, 1.54) is 34.9 Å². The number of likely N-dealkylation sites (N-methyl/N-ethyl adjacent to an activating group) is 1. The molecule has 4 nitrogen and oxygen atoms in total. The van der Waals surface area contributed by atoms with Crippen molar-refractivity contribution in [2.75, 3.05) is 25.1 Å². The number of fused-ring (bicyclic) bond motifs is 2. The van der Waals surface area contributed by atoms with Crippen LogP contribution in [0.2, 0.25) is 0 Å². The number of pyridine rings is 1. The molecule has 1 unspecified atom stereocenters. The minimum absolute atomic E-state index is 0.232. The van der Waals surface area contributed by atoms with Gasteiger partial charge < -0.3 is 15.1 Å². The predicted molar refractivity (Wildman–Crippen MR) is 84.9 cm³/mol. The van der Waals surface area contributed by atoms with Gasteiger partial charge in [-0.3, -0.25) is 0 Å². The lowest BCUT2D eigenvalue weighted by Gasteiger charge is -2.22. The first kappa shape index (κ1) is 14.3. The summed E-state index contributed by atoms with van der Waals surface area (Å²) in [6.07, 6.45) is 2.82. The Balaban J connectivity index is 2.00. The first-order valence-corrected chi connectivity index (χ1v) is 7.51. The van der Waals surface area contributed by atoms with Crippen LogP contribution >= 0.6 is 0 Å². The van der Waals surface area contributed by atoms with Gasteiger partial charge >= 0.3 is 0 Å². The molecular weight excluding hydrogens is 264 g/mol. The summed E-state index contributed by atoms with van der Waals surface area (Å²) in [5.41, 5.74) is 5.11. The van der Waals surface area contributed by atoms with Crippen molar-refractivity contribution in [1.29, 1.82) is 0 Å². The van der Waals surface area contributed by atoms with Crippen molar-refractivity contribution in [1.82, 2.24) is 4.98 Å². The Hall–Kier alpha value is -1.65. The number of aliphatic hydroxyl groups is 2. The normalized spacial score (nSPS) is 15.2. The first-order chi connectivity index (χ1) is 10.1. The number of hydrogen-bond acceptors (Lipinski definition) is 4. The molecule has 0 saturated heterocycles. The maximum absolute atomic E-state index is 9.58. The predicted octanol–water partition coefficient (Wildman–Crippen LogP) is 1.82. The molecule has 1 heterocycles. The second-order valence-corrected chi connectivity index (χ2v) is 6.01. The lowest BCUT2D eigenvalue weighted by molar-refractivity contribution is 0.101. The highest BCUT2D eigenvalue weighted by atomic mass is 16.3. The average Bonchev–Trinajstić information content (AvgIpc) is 2.92. The summed E-state index contributed by atoms with van der Waals surface area (Å²) in [7, 11) is 1.89. The molecule has 1 aliphatic carbocycles. The molecule has 0 saturated carbocycles. The Kier molecular flexibility index (Phi) is 3.83. The van der Waals surface area contributed by atoms with Gasteiger partial charge in [0.25, 0.3) is 0 Å². The van der Waals surface area contributed by atoms with E-state index in [2.05, 4.69) is 19.1 Å². The van der Waals surface area contributed by atoms with Crippen LogP contribution in [0.1, 0.15) is 23.1 Å². The summed E-state index contributed by atoms with van der Waals surface area (Å²) in [4.78, 5) is 6.62. The number of hydrogen-bond donors (Lipinski definition) is 2. The molecule has 0 radical (unpaired) electrons. The van der Waals surface area contributed by atoms with Crippen LogP contribution in [0.3, 0.4) is 0 Å². The van der Waals surface area contributed by atoms with Gasteiger partial charge in [-0.05, 0) is 61.1 Å². The molecule has 4 heteroatoms. The fraction of sp³-hybridized carbons (Fsp3) is 0.471. The van der Waals surface area contributed by atoms with E-state index >= 15 is 0 Å². The van der Waals surface area contributed by atoms with E-state index in [9.17, 15) is 5.11 Å². The van der Waals surface area contributed by atoms with Crippen LogP contribution in [-0.4, -0.2) is 41.5 Å². The van der Waals surface area contributed by atoms with Crippen molar-refractivity contribution < 1.29 is 10.2 Å². The van der Waals surface area contributed by atoms with E-state index in [1.54, 1.807) is 0 Å². The Morgan fingerprint density at radius 1 is 1.24 bits per heavy atom. The molecule has 1 atom stereocenters. The van der Waals surface area contributed by atoms with E-state index < -0.39 is 6.10 Å². The molecule has 1 aromatic heterocycles. The van der Waals surface area contributed by atoms with Gasteiger partial charge in [0.05, 0.1) is 18.2 Å². The molecule has 3 rings (SSSR count). The van der Waals surface area contributed by atoms with E-state index in [1.807, 2.05) is 18.0 Å². The summed E-state index contributed by atoms with van der Waals surface area (Å²) in [5.74, 6) is 0.838. The van der Waals surface area contributed by atoms with Crippen molar-refractivity contribution in [3.05, 3.63) is 34.9 Å². The average molecular weight is 286 g/mol. The summed E-state index contributed by atoms with van der Waals surface area (Å²) < 4.78 is 0. The van der Waals surface area contributed by atoms with Gasteiger partial charge in [0.2, 0.25) is 0 Å². The van der Waals surface area contributed by atoms with Crippen LogP contribution < -0.4 is 4.90 Å². The fourth-order valence-corrected chi connectivity index (χ4v) is 3.11. The quantitative estimate of drug-likeness (QED) is 0.900. The van der Waals surface area contributed by atoms with Crippen LogP contribution in [0.5, 0.6) is 0 Å². The van der Waals surface area contributed by atoms with E-state index in [0.717, 1.165) is 17.8 Å². The Morgan fingerprint density at radius 2 is 1.95 bits per heavy atom. The zero-order valence-corrected chi connectivity index (χ0v) is 12.6. The second kappa shape index (κ2) is 5.62. The molecule has 0 aliphatic heterocycles. The van der Waals surface area contributed by atoms with Crippen LogP contribution in [-0.2, 0) is 12.8 Å². The summed E-state index contributed by atoms with van der Waals surface area (Å²) in [6.45, 7) is 2.25. The highest BCUT2D eigenvalue weighted by Gasteiger charge is 2.15. The number of aryl methyl sites for hydroxylation is 3. The Labute approximate surface area is 125 Å². The van der Waals surface area contributed by atoms with Crippen molar-refractivity contribution in [3.63, 3.8) is 0 Å². The van der Waals surface area contributed by atoms with Crippen molar-refractivity contribution in [3.8, 4) is 0 Å². The van der Waals surface area contributed by atoms with Gasteiger partial charge in [-0.15, -0.1) is 0 Å².